The second kappa shape index (κ2) is 6.23. The molecule has 1 aliphatic heterocycles. The Morgan fingerprint density at radius 2 is 1.72 bits per heavy atom. The van der Waals surface area contributed by atoms with Crippen LogP contribution in [0.15, 0.2) is 42.5 Å². The van der Waals surface area contributed by atoms with Crippen LogP contribution in [0.2, 0.25) is 0 Å². The molecule has 2 aromatic carbocycles. The number of nitrogens with one attached hydrogen (secondary N) is 2. The third-order valence-corrected chi connectivity index (χ3v) is 5.50. The Kier molecular flexibility index (Phi) is 4.04. The highest BCUT2D eigenvalue weighted by molar-refractivity contribution is 5.98. The summed E-state index contributed by atoms with van der Waals surface area (Å²) in [4.78, 5) is 12.7. The van der Waals surface area contributed by atoms with E-state index in [2.05, 4.69) is 10.6 Å². The first-order valence-electron chi connectivity index (χ1n) is 8.64. The first kappa shape index (κ1) is 16.2. The molecule has 2 aromatic rings. The van der Waals surface area contributed by atoms with Gasteiger partial charge in [0.1, 0.15) is 11.6 Å². The van der Waals surface area contributed by atoms with Crippen molar-refractivity contribution in [3.63, 3.8) is 0 Å². The van der Waals surface area contributed by atoms with Gasteiger partial charge in [0, 0.05) is 17.2 Å². The third kappa shape index (κ3) is 3.16. The van der Waals surface area contributed by atoms with Crippen LogP contribution >= 0.6 is 0 Å². The largest absolute Gasteiger partial charge is 0.325 e. The highest BCUT2D eigenvalue weighted by Gasteiger charge is 2.57. The zero-order valence-electron chi connectivity index (χ0n) is 13.8. The maximum Gasteiger partial charge on any atom is 0.228 e. The van der Waals surface area contributed by atoms with Gasteiger partial charge in [0.15, 0.2) is 0 Å². The van der Waals surface area contributed by atoms with Crippen molar-refractivity contribution in [3.8, 4) is 11.1 Å². The highest BCUT2D eigenvalue weighted by atomic mass is 19.1. The van der Waals surface area contributed by atoms with E-state index in [1.165, 1.54) is 24.3 Å². The molecule has 1 saturated carbocycles. The minimum Gasteiger partial charge on any atom is -0.325 e. The van der Waals surface area contributed by atoms with Crippen LogP contribution < -0.4 is 10.6 Å². The van der Waals surface area contributed by atoms with Crippen LogP contribution in [0.4, 0.5) is 14.5 Å². The molecule has 130 valence electrons. The monoisotopic (exact) mass is 342 g/mol. The molecule has 1 atom stereocenters. The Morgan fingerprint density at radius 3 is 2.44 bits per heavy atom. The molecular weight excluding hydrogens is 322 g/mol. The molecule has 1 spiro atoms. The average Bonchev–Trinajstić information content (AvgIpc) is 3.31. The van der Waals surface area contributed by atoms with Crippen molar-refractivity contribution in [2.75, 3.05) is 18.4 Å². The van der Waals surface area contributed by atoms with Gasteiger partial charge in [-0.1, -0.05) is 12.1 Å². The molecule has 0 aromatic heterocycles. The second-order valence-electron chi connectivity index (χ2n) is 7.06. The summed E-state index contributed by atoms with van der Waals surface area (Å²) in [5.74, 6) is -0.715. The number of amides is 1. The fourth-order valence-corrected chi connectivity index (χ4v) is 3.91. The summed E-state index contributed by atoms with van der Waals surface area (Å²) in [7, 11) is 0. The van der Waals surface area contributed by atoms with Gasteiger partial charge in [-0.25, -0.2) is 8.78 Å². The van der Waals surface area contributed by atoms with Crippen molar-refractivity contribution in [1.82, 2.24) is 5.32 Å². The molecule has 5 heteroatoms. The molecule has 0 radical (unpaired) electrons. The molecule has 1 aliphatic carbocycles. The summed E-state index contributed by atoms with van der Waals surface area (Å²) in [6.45, 7) is 1.92. The molecule has 4 rings (SSSR count). The molecule has 3 nitrogen and oxygen atoms in total. The average molecular weight is 342 g/mol. The molecule has 2 fully saturated rings. The van der Waals surface area contributed by atoms with E-state index in [4.69, 9.17) is 0 Å². The topological polar surface area (TPSA) is 41.1 Å². The van der Waals surface area contributed by atoms with E-state index in [-0.39, 0.29) is 23.1 Å². The molecule has 2 N–H and O–H groups in total. The Balaban J connectivity index is 1.56. The standard InChI is InChI=1S/C20H20F2N2O/c21-14-3-1-13(2-4-14)16-11-15(22)5-6-18(16)24-19(25)17-12-20(17)7-9-23-10-8-20/h1-6,11,17,23H,7-10,12H2,(H,24,25). The van der Waals surface area contributed by atoms with Gasteiger partial charge in [-0.05, 0) is 73.7 Å². The number of benzene rings is 2. The number of carbonyl (C=O) groups is 1. The number of piperidine rings is 1. The van der Waals surface area contributed by atoms with E-state index < -0.39 is 5.82 Å². The smallest absolute Gasteiger partial charge is 0.228 e. The van der Waals surface area contributed by atoms with Crippen molar-refractivity contribution in [1.29, 1.82) is 0 Å². The van der Waals surface area contributed by atoms with Crippen LogP contribution in [-0.2, 0) is 4.79 Å². The molecule has 1 amide bonds. The quantitative estimate of drug-likeness (QED) is 0.886. The summed E-state index contributed by atoms with van der Waals surface area (Å²) in [5.41, 5.74) is 1.94. The Labute approximate surface area is 145 Å². The molecular formula is C20H20F2N2O. The number of halogens is 2. The van der Waals surface area contributed by atoms with Crippen LogP contribution in [0, 0.1) is 23.0 Å². The maximum absolute atomic E-state index is 13.7. The molecule has 1 unspecified atom stereocenters. The number of hydrogen-bond acceptors (Lipinski definition) is 2. The molecule has 2 aliphatic rings. The van der Waals surface area contributed by atoms with E-state index in [0.29, 0.717) is 16.8 Å². The zero-order chi connectivity index (χ0) is 17.4. The van der Waals surface area contributed by atoms with Gasteiger partial charge in [-0.15, -0.1) is 0 Å². The molecule has 25 heavy (non-hydrogen) atoms. The van der Waals surface area contributed by atoms with E-state index in [0.717, 1.165) is 32.4 Å². The van der Waals surface area contributed by atoms with Crippen molar-refractivity contribution in [2.24, 2.45) is 11.3 Å². The Hall–Kier alpha value is -2.27. The minimum atomic E-state index is -0.390. The van der Waals surface area contributed by atoms with Gasteiger partial charge in [0.25, 0.3) is 0 Å². The van der Waals surface area contributed by atoms with Crippen LogP contribution in [0.3, 0.4) is 0 Å². The Morgan fingerprint density at radius 1 is 1.04 bits per heavy atom. The third-order valence-electron chi connectivity index (χ3n) is 5.50. The number of anilines is 1. The predicted octanol–water partition coefficient (Wildman–Crippen LogP) is 3.96. The highest BCUT2D eigenvalue weighted by Crippen LogP contribution is 2.58. The van der Waals surface area contributed by atoms with Gasteiger partial charge in [-0.3, -0.25) is 4.79 Å². The first-order chi connectivity index (χ1) is 12.1. The number of carbonyl (C=O) groups excluding carboxylic acids is 1. The molecule has 0 bridgehead atoms. The van der Waals surface area contributed by atoms with Gasteiger partial charge in [0.2, 0.25) is 5.91 Å². The normalized spacial score (nSPS) is 21.1. The van der Waals surface area contributed by atoms with Crippen molar-refractivity contribution in [3.05, 3.63) is 54.1 Å². The van der Waals surface area contributed by atoms with Crippen LogP contribution in [0.5, 0.6) is 0 Å². The van der Waals surface area contributed by atoms with Crippen LogP contribution in [0.25, 0.3) is 11.1 Å². The summed E-state index contributed by atoms with van der Waals surface area (Å²) in [6, 6.07) is 10.1. The first-order valence-corrected chi connectivity index (χ1v) is 8.64. The number of hydrogen-bond donors (Lipinski definition) is 2. The van der Waals surface area contributed by atoms with Gasteiger partial charge in [-0.2, -0.15) is 0 Å². The zero-order valence-corrected chi connectivity index (χ0v) is 13.8. The van der Waals surface area contributed by atoms with Crippen molar-refractivity contribution in [2.45, 2.75) is 19.3 Å². The number of rotatable bonds is 3. The summed E-state index contributed by atoms with van der Waals surface area (Å²) >= 11 is 0. The second-order valence-corrected chi connectivity index (χ2v) is 7.06. The van der Waals surface area contributed by atoms with Crippen LogP contribution in [-0.4, -0.2) is 19.0 Å². The van der Waals surface area contributed by atoms with E-state index in [9.17, 15) is 13.6 Å². The lowest BCUT2D eigenvalue weighted by Crippen LogP contribution is -2.31. The summed E-state index contributed by atoms with van der Waals surface area (Å²) in [5, 5.41) is 6.29. The fraction of sp³-hybridized carbons (Fsp3) is 0.350. The summed E-state index contributed by atoms with van der Waals surface area (Å²) in [6.07, 6.45) is 2.98. The molecule has 1 heterocycles. The van der Waals surface area contributed by atoms with Crippen LogP contribution in [0.1, 0.15) is 19.3 Å². The Bertz CT molecular complexity index is 798. The van der Waals surface area contributed by atoms with E-state index in [1.54, 1.807) is 18.2 Å². The summed E-state index contributed by atoms with van der Waals surface area (Å²) < 4.78 is 26.9. The SMILES string of the molecule is O=C(Nc1ccc(F)cc1-c1ccc(F)cc1)C1CC12CCNCC2. The van der Waals surface area contributed by atoms with Gasteiger partial charge >= 0.3 is 0 Å². The van der Waals surface area contributed by atoms with Gasteiger partial charge in [0.05, 0.1) is 0 Å². The van der Waals surface area contributed by atoms with E-state index >= 15 is 0 Å². The van der Waals surface area contributed by atoms with Gasteiger partial charge < -0.3 is 10.6 Å². The fourth-order valence-electron chi connectivity index (χ4n) is 3.91. The predicted molar refractivity (Wildman–Crippen MR) is 93.1 cm³/mol. The lowest BCUT2D eigenvalue weighted by molar-refractivity contribution is -0.118. The van der Waals surface area contributed by atoms with Crippen molar-refractivity contribution < 1.29 is 13.6 Å². The molecule has 1 saturated heterocycles. The lowest BCUT2D eigenvalue weighted by Gasteiger charge is -2.23. The maximum atomic E-state index is 13.7. The minimum absolute atomic E-state index is 0.00290. The van der Waals surface area contributed by atoms with E-state index in [1.807, 2.05) is 0 Å². The lowest BCUT2D eigenvalue weighted by atomic mass is 9.91. The van der Waals surface area contributed by atoms with Crippen molar-refractivity contribution >= 4 is 11.6 Å².